The van der Waals surface area contributed by atoms with E-state index in [2.05, 4.69) is 11.7 Å². The van der Waals surface area contributed by atoms with E-state index in [0.717, 1.165) is 0 Å². The summed E-state index contributed by atoms with van der Waals surface area (Å²) in [6.45, 7) is -1.81. The van der Waals surface area contributed by atoms with Gasteiger partial charge in [-0.3, -0.25) is 0 Å². The highest BCUT2D eigenvalue weighted by Crippen LogP contribution is 2.73. The van der Waals surface area contributed by atoms with Crippen LogP contribution >= 0.6 is 906 Å². The summed E-state index contributed by atoms with van der Waals surface area (Å²) in [5, 5.41) is 0. The molecule has 0 aromatic carbocycles. The second-order valence-corrected chi connectivity index (χ2v) is 175. The van der Waals surface area contributed by atoms with Crippen LogP contribution in [0.4, 0.5) is 0 Å². The minimum Gasteiger partial charge on any atom is -0.305 e. The minimum atomic E-state index is -1.81. The van der Waals surface area contributed by atoms with Crippen LogP contribution in [0.5, 0.6) is 0 Å². The molecule has 97 heavy (non-hydrogen) atoms. The largest absolute Gasteiger partial charge is 0.305 e. The van der Waals surface area contributed by atoms with E-state index in [4.69, 9.17) is 26.6 Å². The molecule has 0 heterocycles. The van der Waals surface area contributed by atoms with E-state index in [9.17, 15) is 0 Å². The molecule has 0 aliphatic heterocycles. The molecule has 0 aromatic heterocycles. The Labute approximate surface area is 918 Å². The maximum Gasteiger partial charge on any atom is 0.0817 e. The first kappa shape index (κ1) is 130. The Morgan fingerprint density at radius 3 is 0.289 bits per heavy atom. The fourth-order valence-electron chi connectivity index (χ4n) is 1.07. The second kappa shape index (κ2) is 123. The van der Waals surface area contributed by atoms with Crippen molar-refractivity contribution < 1.29 is 4.18 Å². The van der Waals surface area contributed by atoms with Crippen molar-refractivity contribution in [2.45, 2.75) is 0 Å². The lowest BCUT2D eigenvalue weighted by molar-refractivity contribution is 0.491. The van der Waals surface area contributed by atoms with Gasteiger partial charge in [0, 0.05) is 816 Å². The molecule has 0 spiro atoms. The molecule has 0 bridgehead atoms. The number of hydrogen-bond donors (Lipinski definition) is 1. The SMILES string of the molecule is COS(=S)(=S)SSSSSSSSSSSSSSSSSSSSSSSSSSSSSSSSSSSSSSSSSSSSSSSSSSSSSSSSSSSSSSSSSSSSSSSSSSSSSSSSSSSSSSSSSSSS. The van der Waals surface area contributed by atoms with Gasteiger partial charge in [0.2, 0.25) is 0 Å². The van der Waals surface area contributed by atoms with Crippen LogP contribution in [0.3, 0.4) is 0 Å². The molecule has 0 unspecified atom stereocenters. The van der Waals surface area contributed by atoms with E-state index in [1.807, 2.05) is 737 Å². The summed E-state index contributed by atoms with van der Waals surface area (Å²) in [5.74, 6) is 0. The molecule has 0 saturated heterocycles. The third-order valence-corrected chi connectivity index (χ3v) is 210. The average Bonchev–Trinajstić information content (AvgIpc) is 3.38. The van der Waals surface area contributed by atoms with Crippen molar-refractivity contribution in [1.82, 2.24) is 0 Å². The van der Waals surface area contributed by atoms with Crippen LogP contribution in [0.2, 0.25) is 0 Å². The van der Waals surface area contributed by atoms with Crippen molar-refractivity contribution in [3.63, 3.8) is 0 Å². The van der Waals surface area contributed by atoms with E-state index in [0.29, 0.717) is 0 Å². The quantitative estimate of drug-likeness (QED) is 0.0352. The number of thiol groups is 1. The summed E-state index contributed by atoms with van der Waals surface area (Å²) in [5.41, 5.74) is 0. The molecule has 0 fully saturated rings. The van der Waals surface area contributed by atoms with Crippen molar-refractivity contribution in [3.05, 3.63) is 0 Å². The van der Waals surface area contributed by atoms with Crippen LogP contribution in [0, 0.1) is 0 Å². The first-order valence-electron chi connectivity index (χ1n) is 16.3. The van der Waals surface area contributed by atoms with Crippen molar-refractivity contribution in [2.75, 3.05) is 7.11 Å². The van der Waals surface area contributed by atoms with E-state index in [1.165, 1.54) is 19.7 Å². The second-order valence-electron chi connectivity index (χ2n) is 6.77. The average molecular weight is 3080 g/mol. The Kier molecular flexibility index (Phi) is 165. The first-order valence-corrected chi connectivity index (χ1v) is 142. The molecule has 0 radical (unpaired) electrons. The maximum absolute atomic E-state index is 5.18. The molecule has 0 amide bonds. The van der Waals surface area contributed by atoms with Gasteiger partial charge in [-0.1, -0.05) is 11.7 Å². The van der Waals surface area contributed by atoms with E-state index in [1.54, 1.807) is 145 Å². The zero-order valence-corrected chi connectivity index (χ0v) is 118. The fraction of sp³-hybridized carbons (Fsp3) is 1.00. The highest BCUT2D eigenvalue weighted by Gasteiger charge is 2.09. The third-order valence-electron chi connectivity index (χ3n) is 2.79. The van der Waals surface area contributed by atoms with E-state index >= 15 is 0 Å². The Morgan fingerprint density at radius 1 is 0.144 bits per heavy atom. The predicted molar refractivity (Wildman–Crippen MR) is 729 cm³/mol. The fourth-order valence-corrected chi connectivity index (χ4v) is 253. The van der Waals surface area contributed by atoms with Crippen LogP contribution in [-0.4, -0.2) is 7.11 Å². The summed E-state index contributed by atoms with van der Waals surface area (Å²) < 4.78 is 5.12. The lowest BCUT2D eigenvalue weighted by Gasteiger charge is -2.03. The van der Waals surface area contributed by atoms with Gasteiger partial charge < -0.3 is 4.18 Å². The van der Waals surface area contributed by atoms with Crippen molar-refractivity contribution >= 4 is 935 Å². The highest BCUT2D eigenvalue weighted by molar-refractivity contribution is 9.68. The summed E-state index contributed by atoms with van der Waals surface area (Å²) in [4.78, 5) is 0. The van der Waals surface area contributed by atoms with Crippen molar-refractivity contribution in [3.8, 4) is 0 Å². The van der Waals surface area contributed by atoms with Gasteiger partial charge in [-0.15, -0.1) is 0 Å². The first-order chi connectivity index (χ1) is 48.1. The van der Waals surface area contributed by atoms with Gasteiger partial charge in [0.15, 0.2) is 0 Å². The Morgan fingerprint density at radius 2 is 0.216 bits per heavy atom. The van der Waals surface area contributed by atoms with Crippen molar-refractivity contribution in [1.29, 1.82) is 0 Å². The van der Waals surface area contributed by atoms with Crippen LogP contribution < -0.4 is 0 Å². The molecule has 96 heteroatoms. The lowest BCUT2D eigenvalue weighted by atomic mass is 11.8. The molecule has 584 valence electrons. The lowest BCUT2D eigenvalue weighted by Crippen LogP contribution is -1.87. The third kappa shape index (κ3) is 125. The molecule has 1 nitrogen and oxygen atoms in total. The minimum absolute atomic E-state index is 1.46. The summed E-state index contributed by atoms with van der Waals surface area (Å²) in [6, 6.07) is 0. The monoisotopic (exact) mass is 3070 g/mol. The maximum atomic E-state index is 5.18. The topological polar surface area (TPSA) is 9.23 Å². The van der Waals surface area contributed by atoms with Gasteiger partial charge in [-0.25, -0.2) is 0 Å². The number of hydrogen-bond acceptors (Lipinski definition) is 95. The van der Waals surface area contributed by atoms with Gasteiger partial charge in [0.1, 0.15) is 0 Å². The predicted octanol–water partition coefficient (Wildman–Crippen LogP) is 59.5. The molecule has 0 atom stereocenters. The zero-order chi connectivity index (χ0) is 69.6. The molecular formula is CH4OS95. The van der Waals surface area contributed by atoms with E-state index < -0.39 is 6.46 Å². The van der Waals surface area contributed by atoms with Gasteiger partial charge in [-0.05, 0) is 101 Å². The molecule has 0 N–H and O–H groups in total. The molecular weight excluding hydrogens is 3070 g/mol. The van der Waals surface area contributed by atoms with Gasteiger partial charge >= 0.3 is 0 Å². The van der Waals surface area contributed by atoms with Crippen LogP contribution in [0.1, 0.15) is 0 Å². The molecule has 0 aromatic rings. The Hall–Kier alpha value is 33.0. The molecule has 0 saturated carbocycles. The smallest absolute Gasteiger partial charge is 0.0817 e. The van der Waals surface area contributed by atoms with Gasteiger partial charge in [0.05, 0.1) is 13.6 Å². The van der Waals surface area contributed by atoms with Crippen molar-refractivity contribution in [2.24, 2.45) is 0 Å². The Balaban J connectivity index is 3.10. The number of rotatable bonds is 92. The summed E-state index contributed by atoms with van der Waals surface area (Å²) in [7, 11) is 166. The summed E-state index contributed by atoms with van der Waals surface area (Å²) in [6.07, 6.45) is 0. The van der Waals surface area contributed by atoms with E-state index in [-0.39, 0.29) is 0 Å². The molecule has 0 aliphatic carbocycles. The highest BCUT2D eigenvalue weighted by atomic mass is 34.2. The van der Waals surface area contributed by atoms with Crippen LogP contribution in [-0.2, 0) is 33.0 Å². The van der Waals surface area contributed by atoms with Gasteiger partial charge in [-0.2, -0.15) is 0 Å². The zero-order valence-electron chi connectivity index (χ0n) is 40.2. The van der Waals surface area contributed by atoms with Crippen LogP contribution in [0.15, 0.2) is 0 Å². The molecule has 0 aliphatic rings. The molecule has 0 rings (SSSR count). The standard InChI is InChI=1S/CH4OS95/c1-2-97(4,5)96-95-94-93-92-91-90-89-88-87-86-85-84-83-82-81-80-79-78-77-76-75-74-73-72-71-70-69-68-67-66-65-64-63-62-61-60-59-58-57-56-55-54-53-52-51-50-49-48-47-46-45-44-43-42-41-40-39-38-37-36-35-34-33-32-31-30-29-28-27-26-25-24-23-22-21-20-19-18-17-16-15-14-13-12-11-10-9-8-7-6-3/h3H,1H3. The van der Waals surface area contributed by atoms with Gasteiger partial charge in [0.25, 0.3) is 0 Å². The Bertz CT molecular complexity index is 1430. The summed E-state index contributed by atoms with van der Waals surface area (Å²) >= 11 is 14.5. The normalized spacial score (nSPS) is 12.0. The van der Waals surface area contributed by atoms with Crippen LogP contribution in [0.25, 0.3) is 0 Å².